The van der Waals surface area contributed by atoms with Crippen LogP contribution in [0.2, 0.25) is 0 Å². The number of fused-ring (bicyclic) bond motifs is 3. The van der Waals surface area contributed by atoms with Crippen LogP contribution < -0.4 is 15.4 Å². The van der Waals surface area contributed by atoms with Crippen LogP contribution in [0.25, 0.3) is 11.1 Å². The van der Waals surface area contributed by atoms with Gasteiger partial charge in [0.2, 0.25) is 0 Å². The Balaban J connectivity index is 1.33. The van der Waals surface area contributed by atoms with Crippen LogP contribution in [-0.2, 0) is 15.9 Å². The maximum atomic E-state index is 14.2. The molecule has 1 aliphatic rings. The van der Waals surface area contributed by atoms with Crippen LogP contribution in [0.5, 0.6) is 5.75 Å². The zero-order valence-electron chi connectivity index (χ0n) is 28.1. The van der Waals surface area contributed by atoms with Crippen molar-refractivity contribution in [1.82, 2.24) is 5.32 Å². The van der Waals surface area contributed by atoms with Crippen molar-refractivity contribution in [1.29, 1.82) is 0 Å². The van der Waals surface area contributed by atoms with E-state index in [4.69, 9.17) is 14.2 Å². The molecule has 0 radical (unpaired) electrons. The molecular formula is C40H44N2O6. The SMILES string of the molecule is CCCCC(NC(=O)OCC1c2ccccc2-c2ccccc21)C(=O)c1cc(OCCc2ccccc2)ccc1NC(=O)OC(C)(C)C. The van der Waals surface area contributed by atoms with Gasteiger partial charge in [0.15, 0.2) is 5.78 Å². The summed E-state index contributed by atoms with van der Waals surface area (Å²) in [7, 11) is 0. The number of benzene rings is 4. The summed E-state index contributed by atoms with van der Waals surface area (Å²) in [6, 6.07) is 30.3. The van der Waals surface area contributed by atoms with Crippen molar-refractivity contribution in [2.24, 2.45) is 0 Å². The van der Waals surface area contributed by atoms with Crippen LogP contribution in [0.1, 0.15) is 79.9 Å². The Kier molecular flexibility index (Phi) is 11.2. The van der Waals surface area contributed by atoms with E-state index in [0.29, 0.717) is 31.6 Å². The van der Waals surface area contributed by atoms with Gasteiger partial charge in [0.1, 0.15) is 18.0 Å². The Morgan fingerprint density at radius 2 is 1.46 bits per heavy atom. The number of unbranched alkanes of at least 4 members (excludes halogenated alkanes) is 1. The van der Waals surface area contributed by atoms with Crippen LogP contribution in [0, 0.1) is 0 Å². The van der Waals surface area contributed by atoms with E-state index in [-0.39, 0.29) is 29.6 Å². The third-order valence-electron chi connectivity index (χ3n) is 8.19. The molecule has 1 aliphatic carbocycles. The van der Waals surface area contributed by atoms with E-state index in [1.54, 1.807) is 39.0 Å². The standard InChI is InChI=1S/C40H44N2O6/c1-5-6-20-36(42-38(44)47-26-34-31-18-12-10-16-29(31)30-17-11-13-19-32(30)34)37(43)33-25-28(46-24-23-27-14-8-7-9-15-27)21-22-35(33)41-39(45)48-40(2,3)4/h7-19,21-22,25,34,36H,5-6,20,23-24,26H2,1-4H3,(H,41,45)(H,42,44). The van der Waals surface area contributed by atoms with E-state index < -0.39 is 23.8 Å². The van der Waals surface area contributed by atoms with Crippen molar-refractivity contribution in [3.8, 4) is 16.9 Å². The van der Waals surface area contributed by atoms with Crippen LogP contribution in [0.15, 0.2) is 97.1 Å². The Bertz CT molecular complexity index is 1680. The first-order valence-electron chi connectivity index (χ1n) is 16.6. The van der Waals surface area contributed by atoms with Crippen molar-refractivity contribution in [3.05, 3.63) is 119 Å². The molecule has 8 heteroatoms. The van der Waals surface area contributed by atoms with Gasteiger partial charge in [-0.3, -0.25) is 10.1 Å². The first-order valence-corrected chi connectivity index (χ1v) is 16.6. The largest absolute Gasteiger partial charge is 0.493 e. The van der Waals surface area contributed by atoms with Gasteiger partial charge in [-0.25, -0.2) is 9.59 Å². The van der Waals surface area contributed by atoms with Crippen molar-refractivity contribution in [2.75, 3.05) is 18.5 Å². The lowest BCUT2D eigenvalue weighted by Crippen LogP contribution is -2.42. The van der Waals surface area contributed by atoms with Gasteiger partial charge >= 0.3 is 12.2 Å². The van der Waals surface area contributed by atoms with Crippen molar-refractivity contribution in [3.63, 3.8) is 0 Å². The maximum Gasteiger partial charge on any atom is 0.412 e. The van der Waals surface area contributed by atoms with E-state index in [0.717, 1.165) is 34.2 Å². The fourth-order valence-corrected chi connectivity index (χ4v) is 5.92. The fraction of sp³-hybridized carbons (Fsp3) is 0.325. The van der Waals surface area contributed by atoms with Gasteiger partial charge in [0.25, 0.3) is 0 Å². The minimum Gasteiger partial charge on any atom is -0.493 e. The molecule has 1 atom stereocenters. The van der Waals surface area contributed by atoms with Gasteiger partial charge in [0, 0.05) is 17.9 Å². The molecule has 0 heterocycles. The van der Waals surface area contributed by atoms with E-state index in [1.165, 1.54) is 0 Å². The normalized spacial score (nSPS) is 12.8. The smallest absolute Gasteiger partial charge is 0.412 e. The molecule has 250 valence electrons. The molecule has 4 aromatic carbocycles. The topological polar surface area (TPSA) is 103 Å². The van der Waals surface area contributed by atoms with Gasteiger partial charge in [-0.05, 0) is 73.2 Å². The molecule has 0 saturated heterocycles. The average molecular weight is 649 g/mol. The number of rotatable bonds is 13. The van der Waals surface area contributed by atoms with Gasteiger partial charge in [0.05, 0.1) is 18.3 Å². The van der Waals surface area contributed by atoms with Crippen molar-refractivity contribution in [2.45, 2.75) is 70.9 Å². The van der Waals surface area contributed by atoms with Gasteiger partial charge < -0.3 is 19.5 Å². The summed E-state index contributed by atoms with van der Waals surface area (Å²) in [5.41, 5.74) is 5.34. The number of Topliss-reactive ketones (excluding diaryl/α,β-unsaturated/α-hetero) is 1. The van der Waals surface area contributed by atoms with Gasteiger partial charge in [-0.1, -0.05) is 98.6 Å². The first kappa shape index (κ1) is 34.2. The lowest BCUT2D eigenvalue weighted by atomic mass is 9.97. The predicted molar refractivity (Wildman–Crippen MR) is 188 cm³/mol. The second-order valence-corrected chi connectivity index (χ2v) is 12.9. The minimum atomic E-state index is -0.889. The molecule has 0 aromatic heterocycles. The number of carbonyl (C=O) groups is 3. The van der Waals surface area contributed by atoms with Crippen LogP contribution in [-0.4, -0.2) is 42.8 Å². The lowest BCUT2D eigenvalue weighted by molar-refractivity contribution is 0.0635. The number of ether oxygens (including phenoxy) is 3. The summed E-state index contributed by atoms with van der Waals surface area (Å²) < 4.78 is 17.3. The average Bonchev–Trinajstić information content (AvgIpc) is 3.39. The van der Waals surface area contributed by atoms with E-state index >= 15 is 0 Å². The fourth-order valence-electron chi connectivity index (χ4n) is 5.92. The number of hydrogen-bond acceptors (Lipinski definition) is 6. The second kappa shape index (κ2) is 15.7. The van der Waals surface area contributed by atoms with Gasteiger partial charge in [-0.2, -0.15) is 0 Å². The summed E-state index contributed by atoms with van der Waals surface area (Å²) in [5, 5.41) is 5.55. The number of anilines is 1. The van der Waals surface area contributed by atoms with Crippen LogP contribution in [0.4, 0.5) is 15.3 Å². The molecule has 48 heavy (non-hydrogen) atoms. The summed E-state index contributed by atoms with van der Waals surface area (Å²) in [5.74, 6) is -0.00165. The molecule has 2 amide bonds. The third kappa shape index (κ3) is 8.82. The maximum absolute atomic E-state index is 14.2. The van der Waals surface area contributed by atoms with E-state index in [1.807, 2.05) is 61.5 Å². The Labute approximate surface area is 282 Å². The zero-order chi connectivity index (χ0) is 34.1. The summed E-state index contributed by atoms with van der Waals surface area (Å²) in [6.07, 6.45) is 1.23. The third-order valence-corrected chi connectivity index (χ3v) is 8.19. The van der Waals surface area contributed by atoms with Crippen LogP contribution in [0.3, 0.4) is 0 Å². The molecule has 0 spiro atoms. The molecule has 1 unspecified atom stereocenters. The molecular weight excluding hydrogens is 604 g/mol. The highest BCUT2D eigenvalue weighted by Crippen LogP contribution is 2.44. The minimum absolute atomic E-state index is 0.109. The van der Waals surface area contributed by atoms with Crippen molar-refractivity contribution >= 4 is 23.7 Å². The summed E-state index contributed by atoms with van der Waals surface area (Å²) >= 11 is 0. The number of alkyl carbamates (subject to hydrolysis) is 1. The molecule has 0 aliphatic heterocycles. The number of ketones is 1. The van der Waals surface area contributed by atoms with E-state index in [2.05, 4.69) is 34.9 Å². The summed E-state index contributed by atoms with van der Waals surface area (Å²) in [4.78, 5) is 40.2. The molecule has 4 aromatic rings. The quantitative estimate of drug-likeness (QED) is 0.140. The summed E-state index contributed by atoms with van der Waals surface area (Å²) in [6.45, 7) is 7.84. The highest BCUT2D eigenvalue weighted by Gasteiger charge is 2.31. The predicted octanol–water partition coefficient (Wildman–Crippen LogP) is 8.94. The Morgan fingerprint density at radius 1 is 0.812 bits per heavy atom. The number of amides is 2. The number of nitrogens with one attached hydrogen (secondary N) is 2. The Hall–Kier alpha value is -5.11. The van der Waals surface area contributed by atoms with Gasteiger partial charge in [-0.15, -0.1) is 0 Å². The lowest BCUT2D eigenvalue weighted by Gasteiger charge is -2.22. The number of hydrogen-bond donors (Lipinski definition) is 2. The molecule has 8 nitrogen and oxygen atoms in total. The molecule has 2 N–H and O–H groups in total. The Morgan fingerprint density at radius 3 is 2.10 bits per heavy atom. The first-order chi connectivity index (χ1) is 23.1. The monoisotopic (exact) mass is 648 g/mol. The molecule has 5 rings (SSSR count). The van der Waals surface area contributed by atoms with E-state index in [9.17, 15) is 14.4 Å². The second-order valence-electron chi connectivity index (χ2n) is 12.9. The highest BCUT2D eigenvalue weighted by molar-refractivity contribution is 6.08. The highest BCUT2D eigenvalue weighted by atomic mass is 16.6. The molecule has 0 bridgehead atoms. The molecule has 0 fully saturated rings. The van der Waals surface area contributed by atoms with Crippen molar-refractivity contribution < 1.29 is 28.6 Å². The molecule has 0 saturated carbocycles. The zero-order valence-corrected chi connectivity index (χ0v) is 28.1. The van der Waals surface area contributed by atoms with Crippen LogP contribution >= 0.6 is 0 Å². The number of carbonyl (C=O) groups excluding carboxylic acids is 3.